The number of unbranched alkanes of at least 4 members (excludes halogenated alkanes) is 6. The fourth-order valence-corrected chi connectivity index (χ4v) is 1.87. The lowest BCUT2D eigenvalue weighted by atomic mass is 10.1. The van der Waals surface area contributed by atoms with Crippen LogP contribution in [-0.4, -0.2) is 21.3 Å². The van der Waals surface area contributed by atoms with Crippen molar-refractivity contribution in [3.8, 4) is 0 Å². The standard InChI is InChI=1S/C13H26N4/c1-3-4-5-6-7-8-9-10-14-11-13-16-15-12-17(13)2/h12,14H,3-11H2,1-2H3. The summed E-state index contributed by atoms with van der Waals surface area (Å²) >= 11 is 0. The lowest BCUT2D eigenvalue weighted by Crippen LogP contribution is -2.17. The van der Waals surface area contributed by atoms with Crippen molar-refractivity contribution in [3.63, 3.8) is 0 Å². The summed E-state index contributed by atoms with van der Waals surface area (Å²) in [7, 11) is 1.98. The summed E-state index contributed by atoms with van der Waals surface area (Å²) in [5, 5.41) is 11.3. The summed E-state index contributed by atoms with van der Waals surface area (Å²) in [5.74, 6) is 1.01. The summed E-state index contributed by atoms with van der Waals surface area (Å²) in [5.41, 5.74) is 0. The number of hydrogen-bond donors (Lipinski definition) is 1. The first-order chi connectivity index (χ1) is 8.34. The van der Waals surface area contributed by atoms with Gasteiger partial charge in [0.05, 0.1) is 6.54 Å². The van der Waals surface area contributed by atoms with E-state index in [1.807, 2.05) is 11.6 Å². The molecule has 0 aromatic carbocycles. The van der Waals surface area contributed by atoms with Gasteiger partial charge in [0.25, 0.3) is 0 Å². The molecule has 4 heteroatoms. The highest BCUT2D eigenvalue weighted by Gasteiger charge is 1.98. The molecular weight excluding hydrogens is 212 g/mol. The van der Waals surface area contributed by atoms with Gasteiger partial charge in [0.1, 0.15) is 12.2 Å². The van der Waals surface area contributed by atoms with Gasteiger partial charge in [-0.15, -0.1) is 10.2 Å². The van der Waals surface area contributed by atoms with Gasteiger partial charge in [-0.3, -0.25) is 0 Å². The van der Waals surface area contributed by atoms with Crippen LogP contribution in [0.1, 0.15) is 57.7 Å². The van der Waals surface area contributed by atoms with Gasteiger partial charge in [0, 0.05) is 7.05 Å². The second kappa shape index (κ2) is 9.16. The molecule has 0 spiro atoms. The molecule has 0 saturated carbocycles. The molecule has 0 aliphatic rings. The summed E-state index contributed by atoms with van der Waals surface area (Å²) in [4.78, 5) is 0. The highest BCUT2D eigenvalue weighted by atomic mass is 15.3. The molecule has 1 aromatic rings. The average molecular weight is 238 g/mol. The number of aryl methyl sites for hydroxylation is 1. The molecule has 0 radical (unpaired) electrons. The van der Waals surface area contributed by atoms with Crippen molar-refractivity contribution in [2.45, 2.75) is 58.4 Å². The quantitative estimate of drug-likeness (QED) is 0.637. The number of hydrogen-bond acceptors (Lipinski definition) is 3. The van der Waals surface area contributed by atoms with E-state index in [9.17, 15) is 0 Å². The van der Waals surface area contributed by atoms with Gasteiger partial charge < -0.3 is 9.88 Å². The SMILES string of the molecule is CCCCCCCCCNCc1nncn1C. The van der Waals surface area contributed by atoms with Crippen molar-refractivity contribution >= 4 is 0 Å². The fraction of sp³-hybridized carbons (Fsp3) is 0.846. The molecule has 4 nitrogen and oxygen atoms in total. The minimum atomic E-state index is 0.826. The van der Waals surface area contributed by atoms with Gasteiger partial charge >= 0.3 is 0 Å². The van der Waals surface area contributed by atoms with Crippen LogP contribution in [0.3, 0.4) is 0 Å². The van der Waals surface area contributed by atoms with Crippen LogP contribution < -0.4 is 5.32 Å². The first kappa shape index (κ1) is 14.2. The van der Waals surface area contributed by atoms with Gasteiger partial charge in [-0.2, -0.15) is 0 Å². The minimum absolute atomic E-state index is 0.826. The van der Waals surface area contributed by atoms with Crippen LogP contribution >= 0.6 is 0 Å². The number of aromatic nitrogens is 3. The van der Waals surface area contributed by atoms with E-state index in [-0.39, 0.29) is 0 Å². The Hall–Kier alpha value is -0.900. The normalized spacial score (nSPS) is 10.9. The molecule has 0 amide bonds. The van der Waals surface area contributed by atoms with Crippen molar-refractivity contribution in [2.75, 3.05) is 6.54 Å². The molecule has 1 rings (SSSR count). The third kappa shape index (κ3) is 6.41. The van der Waals surface area contributed by atoms with E-state index in [1.54, 1.807) is 6.33 Å². The van der Waals surface area contributed by atoms with E-state index in [4.69, 9.17) is 0 Å². The molecule has 0 bridgehead atoms. The van der Waals surface area contributed by atoms with Crippen LogP contribution in [0.15, 0.2) is 6.33 Å². The Morgan fingerprint density at radius 2 is 1.82 bits per heavy atom. The number of nitrogens with one attached hydrogen (secondary N) is 1. The van der Waals surface area contributed by atoms with Gasteiger partial charge in [-0.1, -0.05) is 45.4 Å². The van der Waals surface area contributed by atoms with E-state index < -0.39 is 0 Å². The summed E-state index contributed by atoms with van der Waals surface area (Å²) in [6.45, 7) is 4.17. The topological polar surface area (TPSA) is 42.7 Å². The molecule has 17 heavy (non-hydrogen) atoms. The number of nitrogens with zero attached hydrogens (tertiary/aromatic N) is 3. The summed E-state index contributed by atoms with van der Waals surface area (Å²) in [6.07, 6.45) is 11.3. The molecule has 0 atom stereocenters. The third-order valence-corrected chi connectivity index (χ3v) is 3.05. The van der Waals surface area contributed by atoms with Crippen molar-refractivity contribution in [1.82, 2.24) is 20.1 Å². The second-order valence-corrected chi connectivity index (χ2v) is 4.66. The summed E-state index contributed by atoms with van der Waals surface area (Å²) < 4.78 is 1.96. The Labute approximate surface area is 105 Å². The molecule has 0 aliphatic heterocycles. The Morgan fingerprint density at radius 3 is 2.47 bits per heavy atom. The third-order valence-electron chi connectivity index (χ3n) is 3.05. The molecule has 0 unspecified atom stereocenters. The van der Waals surface area contributed by atoms with Gasteiger partial charge in [0.2, 0.25) is 0 Å². The molecule has 0 aliphatic carbocycles. The van der Waals surface area contributed by atoms with E-state index >= 15 is 0 Å². The van der Waals surface area contributed by atoms with Crippen LogP contribution in [0.5, 0.6) is 0 Å². The van der Waals surface area contributed by atoms with Gasteiger partial charge in [0.15, 0.2) is 0 Å². The Kier molecular flexibility index (Phi) is 7.63. The van der Waals surface area contributed by atoms with Crippen LogP contribution in [-0.2, 0) is 13.6 Å². The molecule has 0 fully saturated rings. The smallest absolute Gasteiger partial charge is 0.146 e. The molecule has 1 aromatic heterocycles. The molecule has 0 saturated heterocycles. The average Bonchev–Trinajstić information content (AvgIpc) is 2.73. The van der Waals surface area contributed by atoms with Crippen molar-refractivity contribution in [1.29, 1.82) is 0 Å². The maximum atomic E-state index is 4.03. The van der Waals surface area contributed by atoms with Crippen LogP contribution in [0.4, 0.5) is 0 Å². The van der Waals surface area contributed by atoms with Crippen LogP contribution in [0.2, 0.25) is 0 Å². The zero-order valence-corrected chi connectivity index (χ0v) is 11.3. The first-order valence-corrected chi connectivity index (χ1v) is 6.88. The maximum absolute atomic E-state index is 4.03. The van der Waals surface area contributed by atoms with E-state index in [2.05, 4.69) is 22.4 Å². The monoisotopic (exact) mass is 238 g/mol. The highest BCUT2D eigenvalue weighted by Crippen LogP contribution is 2.06. The van der Waals surface area contributed by atoms with Crippen LogP contribution in [0, 0.1) is 0 Å². The Morgan fingerprint density at radius 1 is 1.12 bits per heavy atom. The van der Waals surface area contributed by atoms with Gasteiger partial charge in [-0.05, 0) is 13.0 Å². The Bertz CT molecular complexity index is 283. The maximum Gasteiger partial charge on any atom is 0.146 e. The zero-order chi connectivity index (χ0) is 12.3. The molecule has 1 heterocycles. The molecular formula is C13H26N4. The highest BCUT2D eigenvalue weighted by molar-refractivity contribution is 4.82. The molecule has 1 N–H and O–H groups in total. The first-order valence-electron chi connectivity index (χ1n) is 6.88. The lowest BCUT2D eigenvalue weighted by Gasteiger charge is -2.04. The van der Waals surface area contributed by atoms with Crippen molar-refractivity contribution in [3.05, 3.63) is 12.2 Å². The van der Waals surface area contributed by atoms with E-state index in [0.717, 1.165) is 18.9 Å². The van der Waals surface area contributed by atoms with E-state index in [0.29, 0.717) is 0 Å². The predicted octanol–water partition coefficient (Wildman–Crippen LogP) is 2.66. The number of rotatable bonds is 10. The second-order valence-electron chi connectivity index (χ2n) is 4.66. The predicted molar refractivity (Wildman–Crippen MR) is 70.7 cm³/mol. The molecule has 98 valence electrons. The van der Waals surface area contributed by atoms with Crippen molar-refractivity contribution in [2.24, 2.45) is 7.05 Å². The van der Waals surface area contributed by atoms with Crippen molar-refractivity contribution < 1.29 is 0 Å². The summed E-state index contributed by atoms with van der Waals surface area (Å²) in [6, 6.07) is 0. The van der Waals surface area contributed by atoms with E-state index in [1.165, 1.54) is 44.9 Å². The lowest BCUT2D eigenvalue weighted by molar-refractivity contribution is 0.553. The fourth-order valence-electron chi connectivity index (χ4n) is 1.87. The van der Waals surface area contributed by atoms with Crippen LogP contribution in [0.25, 0.3) is 0 Å². The Balaban J connectivity index is 1.86. The minimum Gasteiger partial charge on any atom is -0.320 e. The van der Waals surface area contributed by atoms with Gasteiger partial charge in [-0.25, -0.2) is 0 Å². The largest absolute Gasteiger partial charge is 0.320 e. The zero-order valence-electron chi connectivity index (χ0n) is 11.3.